The number of hydrogen-bond donors (Lipinski definition) is 3. The predicted molar refractivity (Wildman–Crippen MR) is 246 cm³/mol. The zero-order valence-corrected chi connectivity index (χ0v) is 36.7. The van der Waals surface area contributed by atoms with Gasteiger partial charge >= 0.3 is 0 Å². The van der Waals surface area contributed by atoms with Crippen molar-refractivity contribution in [3.05, 3.63) is 108 Å². The summed E-state index contributed by atoms with van der Waals surface area (Å²) in [5, 5.41) is 8.77. The first-order chi connectivity index (χ1) is 32.0. The van der Waals surface area contributed by atoms with Crippen molar-refractivity contribution in [1.82, 2.24) is 20.1 Å². The number of carbonyl (C=O) groups excluding carboxylic acids is 5. The number of rotatable bonds is 12. The Morgan fingerprint density at radius 1 is 0.803 bits per heavy atom. The van der Waals surface area contributed by atoms with E-state index in [9.17, 15) is 28.4 Å². The fourth-order valence-corrected chi connectivity index (χ4v) is 9.75. The van der Waals surface area contributed by atoms with Crippen LogP contribution < -0.4 is 35.2 Å². The highest BCUT2D eigenvalue weighted by Crippen LogP contribution is 2.48. The number of ether oxygens (including phenoxy) is 2. The molecule has 66 heavy (non-hydrogen) atoms. The van der Waals surface area contributed by atoms with Crippen LogP contribution in [-0.4, -0.2) is 103 Å². The lowest BCUT2D eigenvalue weighted by Gasteiger charge is -2.40. The van der Waals surface area contributed by atoms with Crippen LogP contribution >= 0.6 is 0 Å². The number of amides is 5. The number of nitrogens with one attached hydrogen (secondary N) is 3. The third-order valence-corrected chi connectivity index (χ3v) is 13.8. The van der Waals surface area contributed by atoms with E-state index in [1.807, 2.05) is 24.3 Å². The molecule has 4 aromatic carbocycles. The minimum absolute atomic E-state index is 0.151. The third-order valence-electron chi connectivity index (χ3n) is 13.8. The average Bonchev–Trinajstić information content (AvgIpc) is 4.09. The van der Waals surface area contributed by atoms with Crippen LogP contribution in [0.3, 0.4) is 0 Å². The molecule has 4 aliphatic heterocycles. The van der Waals surface area contributed by atoms with E-state index in [4.69, 9.17) is 14.5 Å². The molecule has 5 aromatic rings. The minimum Gasteiger partial charge on any atom is -0.495 e. The number of carbonyl (C=O) groups is 5. The number of imide groups is 1. The number of piperidine rings is 2. The monoisotopic (exact) mass is 894 g/mol. The van der Waals surface area contributed by atoms with E-state index < -0.39 is 35.0 Å². The van der Waals surface area contributed by atoms with Gasteiger partial charge in [0.25, 0.3) is 5.91 Å². The molecule has 5 heterocycles. The Balaban J connectivity index is 0.711. The van der Waals surface area contributed by atoms with Crippen molar-refractivity contribution in [1.29, 1.82) is 0 Å². The van der Waals surface area contributed by atoms with Gasteiger partial charge in [-0.25, -0.2) is 4.39 Å². The molecule has 0 bridgehead atoms. The van der Waals surface area contributed by atoms with Crippen molar-refractivity contribution in [3.8, 4) is 17.2 Å². The standard InChI is InChI=1S/C50H51FN8O7/c1-65-44-27-39-40(52-19-14-43(39)66-37-9-6-35(7-10-37)54-49(64)50(17-18-50)48(63)53-34-4-2-33(51)3-5-34)28-42(44)58-20-15-31(16-21-58)29-56-22-24-57(25-23-56)36-8-11-38-32(26-36)30-59(47(38)62)41-12-13-45(60)55-46(41)61/h2-11,14,19,26-28,31,41H,12-13,15-18,20-25,29-30H2,1H3,(H,53,63)(H,54,64)(H,55,60,61)/t41-/m0/s1. The van der Waals surface area contributed by atoms with Crippen LogP contribution in [0.25, 0.3) is 10.9 Å². The zero-order chi connectivity index (χ0) is 45.5. The van der Waals surface area contributed by atoms with Crippen LogP contribution in [0.15, 0.2) is 91.1 Å². The Morgan fingerprint density at radius 3 is 2.17 bits per heavy atom. The summed E-state index contributed by atoms with van der Waals surface area (Å²) in [5.41, 5.74) is 4.21. The summed E-state index contributed by atoms with van der Waals surface area (Å²) in [7, 11) is 1.68. The van der Waals surface area contributed by atoms with Gasteiger partial charge in [-0.05, 0) is 129 Å². The fraction of sp³-hybridized carbons (Fsp3) is 0.360. The average molecular weight is 895 g/mol. The summed E-state index contributed by atoms with van der Waals surface area (Å²) < 4.78 is 25.6. The largest absolute Gasteiger partial charge is 0.495 e. The number of hydrogen-bond acceptors (Lipinski definition) is 11. The first-order valence-electron chi connectivity index (χ1n) is 22.7. The predicted octanol–water partition coefficient (Wildman–Crippen LogP) is 6.33. The van der Waals surface area contributed by atoms with Crippen molar-refractivity contribution < 1.29 is 37.8 Å². The van der Waals surface area contributed by atoms with Gasteiger partial charge in [0.05, 0.1) is 18.3 Å². The summed E-state index contributed by atoms with van der Waals surface area (Å²) in [6, 6.07) is 23.7. The van der Waals surface area contributed by atoms with Gasteiger partial charge in [0.2, 0.25) is 23.6 Å². The SMILES string of the molecule is COc1cc2c(Oc3ccc(NC(=O)C4(C(=O)Nc5ccc(F)cc5)CC4)cc3)ccnc2cc1N1CCC(CN2CCN(c3ccc4c(c3)CN([C@H]3CCC(=O)NC3=O)C4=O)CC2)CC1. The van der Waals surface area contributed by atoms with E-state index in [0.29, 0.717) is 60.2 Å². The molecule has 1 aliphatic carbocycles. The summed E-state index contributed by atoms with van der Waals surface area (Å²) in [4.78, 5) is 77.2. The van der Waals surface area contributed by atoms with Crippen LogP contribution in [0.2, 0.25) is 0 Å². The maximum atomic E-state index is 13.3. The topological polar surface area (TPSA) is 166 Å². The van der Waals surface area contributed by atoms with Crippen LogP contribution in [0, 0.1) is 17.2 Å². The molecule has 5 aliphatic rings. The number of halogens is 1. The van der Waals surface area contributed by atoms with Gasteiger partial charge < -0.3 is 34.8 Å². The number of anilines is 4. The lowest BCUT2D eigenvalue weighted by atomic mass is 9.95. The van der Waals surface area contributed by atoms with Crippen LogP contribution in [0.1, 0.15) is 54.4 Å². The molecule has 0 unspecified atom stereocenters. The number of nitrogens with zero attached hydrogens (tertiary/aromatic N) is 5. The zero-order valence-electron chi connectivity index (χ0n) is 36.7. The molecule has 4 fully saturated rings. The molecule has 3 N–H and O–H groups in total. The van der Waals surface area contributed by atoms with E-state index >= 15 is 0 Å². The summed E-state index contributed by atoms with van der Waals surface area (Å²) in [6.45, 7) is 6.91. The van der Waals surface area contributed by atoms with Crippen molar-refractivity contribution in [2.45, 2.75) is 51.1 Å². The second-order valence-electron chi connectivity index (χ2n) is 17.9. The molecule has 0 radical (unpaired) electrons. The summed E-state index contributed by atoms with van der Waals surface area (Å²) in [6.07, 6.45) is 5.28. The molecule has 3 saturated heterocycles. The van der Waals surface area contributed by atoms with Crippen LogP contribution in [0.5, 0.6) is 17.2 Å². The van der Waals surface area contributed by atoms with Gasteiger partial charge in [-0.15, -0.1) is 0 Å². The van der Waals surface area contributed by atoms with Gasteiger partial charge in [0.1, 0.15) is 34.5 Å². The highest BCUT2D eigenvalue weighted by molar-refractivity contribution is 6.17. The molecular weight excluding hydrogens is 844 g/mol. The first kappa shape index (κ1) is 42.9. The van der Waals surface area contributed by atoms with E-state index in [1.54, 1.807) is 42.5 Å². The van der Waals surface area contributed by atoms with E-state index in [0.717, 1.165) is 92.2 Å². The second kappa shape index (κ2) is 17.7. The number of benzene rings is 4. The number of methoxy groups -OCH3 is 1. The highest BCUT2D eigenvalue weighted by atomic mass is 19.1. The Kier molecular flexibility index (Phi) is 11.5. The molecule has 5 amide bonds. The van der Waals surface area contributed by atoms with Crippen molar-refractivity contribution in [3.63, 3.8) is 0 Å². The minimum atomic E-state index is -1.17. The molecule has 340 valence electrons. The molecule has 1 saturated carbocycles. The van der Waals surface area contributed by atoms with Gasteiger partial charge in [0, 0.05) is 93.0 Å². The van der Waals surface area contributed by atoms with Crippen LogP contribution in [-0.2, 0) is 25.7 Å². The third kappa shape index (κ3) is 8.60. The Labute approximate surface area is 381 Å². The van der Waals surface area contributed by atoms with Crippen molar-refractivity contribution in [2.75, 3.05) is 73.4 Å². The van der Waals surface area contributed by atoms with E-state index in [-0.39, 0.29) is 18.2 Å². The molecule has 1 aromatic heterocycles. The summed E-state index contributed by atoms with van der Waals surface area (Å²) in [5.74, 6) is 0.430. The molecule has 16 heteroatoms. The molecular formula is C50H51FN8O7. The van der Waals surface area contributed by atoms with Gasteiger partial charge in [0.15, 0.2) is 0 Å². The summed E-state index contributed by atoms with van der Waals surface area (Å²) >= 11 is 0. The molecule has 15 nitrogen and oxygen atoms in total. The molecule has 10 rings (SSSR count). The molecule has 1 atom stereocenters. The Hall–Kier alpha value is -7.07. The number of aromatic nitrogens is 1. The van der Waals surface area contributed by atoms with Crippen molar-refractivity contribution in [2.24, 2.45) is 11.3 Å². The maximum absolute atomic E-state index is 13.3. The Morgan fingerprint density at radius 2 is 1.50 bits per heavy atom. The van der Waals surface area contributed by atoms with E-state index in [2.05, 4.69) is 42.8 Å². The van der Waals surface area contributed by atoms with Gasteiger partial charge in [-0.3, -0.25) is 39.2 Å². The quantitative estimate of drug-likeness (QED) is 0.0947. The number of piperazine rings is 1. The van der Waals surface area contributed by atoms with Crippen LogP contribution in [0.4, 0.5) is 27.1 Å². The maximum Gasteiger partial charge on any atom is 0.255 e. The van der Waals surface area contributed by atoms with Gasteiger partial charge in [-0.1, -0.05) is 0 Å². The smallest absolute Gasteiger partial charge is 0.255 e. The van der Waals surface area contributed by atoms with Crippen molar-refractivity contribution >= 4 is 63.2 Å². The highest BCUT2D eigenvalue weighted by Gasteiger charge is 2.56. The molecule has 0 spiro atoms. The normalized spacial score (nSPS) is 19.6. The second-order valence-corrected chi connectivity index (χ2v) is 17.9. The number of pyridine rings is 1. The lowest BCUT2D eigenvalue weighted by Crippen LogP contribution is -2.52. The van der Waals surface area contributed by atoms with E-state index in [1.165, 1.54) is 24.3 Å². The fourth-order valence-electron chi connectivity index (χ4n) is 9.75. The Bertz CT molecular complexity index is 2710. The first-order valence-corrected chi connectivity index (χ1v) is 22.7. The lowest BCUT2D eigenvalue weighted by molar-refractivity contribution is -0.137. The van der Waals surface area contributed by atoms with Gasteiger partial charge in [-0.2, -0.15) is 0 Å². The number of fused-ring (bicyclic) bond motifs is 2.